The molecule has 3 fully saturated rings. The Balaban J connectivity index is 1.47. The van der Waals surface area contributed by atoms with Crippen LogP contribution < -0.4 is 5.32 Å². The first kappa shape index (κ1) is 19.5. The van der Waals surface area contributed by atoms with Gasteiger partial charge in [0, 0.05) is 24.2 Å². The van der Waals surface area contributed by atoms with E-state index >= 15 is 0 Å². The Kier molecular flexibility index (Phi) is 5.48. The molecule has 0 aromatic carbocycles. The van der Waals surface area contributed by atoms with E-state index in [-0.39, 0.29) is 30.3 Å². The second kappa shape index (κ2) is 7.88. The number of fused-ring (bicyclic) bond motifs is 2. The average molecular weight is 388 g/mol. The molecular weight excluding hydrogens is 354 g/mol. The summed E-state index contributed by atoms with van der Waals surface area (Å²) < 4.78 is 5.25. The minimum Gasteiger partial charge on any atom is -0.361 e. The molecule has 0 spiro atoms. The van der Waals surface area contributed by atoms with Gasteiger partial charge in [0.15, 0.2) is 0 Å². The number of aryl methyl sites for hydroxylation is 1. The summed E-state index contributed by atoms with van der Waals surface area (Å²) in [6.45, 7) is 3.97. The van der Waals surface area contributed by atoms with Gasteiger partial charge in [-0.3, -0.25) is 9.59 Å². The molecule has 2 amide bonds. The Morgan fingerprint density at radius 3 is 2.61 bits per heavy atom. The summed E-state index contributed by atoms with van der Waals surface area (Å²) in [6.07, 6.45) is 10.9. The molecule has 4 rings (SSSR count). The van der Waals surface area contributed by atoms with Gasteiger partial charge in [0.1, 0.15) is 5.76 Å². The number of hydrogen-bond acceptors (Lipinski definition) is 4. The summed E-state index contributed by atoms with van der Waals surface area (Å²) in [5.41, 5.74) is 0.361. The van der Waals surface area contributed by atoms with Crippen molar-refractivity contribution in [2.75, 3.05) is 0 Å². The largest absolute Gasteiger partial charge is 0.361 e. The Hall–Kier alpha value is -1.85. The lowest BCUT2D eigenvalue weighted by Crippen LogP contribution is -2.52. The minimum atomic E-state index is -0.428. The van der Waals surface area contributed by atoms with Gasteiger partial charge in [-0.25, -0.2) is 0 Å². The fraction of sp³-hybridized carbons (Fsp3) is 0.773. The van der Waals surface area contributed by atoms with Crippen LogP contribution in [-0.4, -0.2) is 40.0 Å². The SMILES string of the molecule is CC[C@@]1(C(=O)NC2CCCCCC2)C[C@@H]2CC[C@H]1N2C(=O)Cc1cc(C)no1. The Bertz CT molecular complexity index is 722. The van der Waals surface area contributed by atoms with Gasteiger partial charge in [-0.15, -0.1) is 0 Å². The fourth-order valence-electron chi connectivity index (χ4n) is 5.84. The van der Waals surface area contributed by atoms with Crippen LogP contribution in [0.2, 0.25) is 0 Å². The van der Waals surface area contributed by atoms with Crippen LogP contribution in [-0.2, 0) is 16.0 Å². The maximum Gasteiger partial charge on any atom is 0.230 e. The van der Waals surface area contributed by atoms with Crippen molar-refractivity contribution in [3.8, 4) is 0 Å². The van der Waals surface area contributed by atoms with Gasteiger partial charge in [-0.05, 0) is 45.4 Å². The molecule has 6 nitrogen and oxygen atoms in total. The number of amides is 2. The van der Waals surface area contributed by atoms with Crippen molar-refractivity contribution >= 4 is 11.8 Å². The number of nitrogens with one attached hydrogen (secondary N) is 1. The molecule has 2 aliphatic heterocycles. The Morgan fingerprint density at radius 2 is 1.96 bits per heavy atom. The van der Waals surface area contributed by atoms with Gasteiger partial charge < -0.3 is 14.7 Å². The molecule has 1 saturated carbocycles. The lowest BCUT2D eigenvalue weighted by Gasteiger charge is -2.36. The van der Waals surface area contributed by atoms with Crippen LogP contribution >= 0.6 is 0 Å². The van der Waals surface area contributed by atoms with Gasteiger partial charge in [0.25, 0.3) is 0 Å². The van der Waals surface area contributed by atoms with Crippen LogP contribution in [0.3, 0.4) is 0 Å². The third-order valence-corrected chi connectivity index (χ3v) is 7.30. The predicted molar refractivity (Wildman–Crippen MR) is 106 cm³/mol. The fourth-order valence-corrected chi connectivity index (χ4v) is 5.84. The topological polar surface area (TPSA) is 75.4 Å². The monoisotopic (exact) mass is 387 g/mol. The summed E-state index contributed by atoms with van der Waals surface area (Å²) in [5, 5.41) is 7.27. The minimum absolute atomic E-state index is 0.0183. The summed E-state index contributed by atoms with van der Waals surface area (Å²) in [5.74, 6) is 0.863. The second-order valence-electron chi connectivity index (χ2n) is 9.04. The van der Waals surface area contributed by atoms with Crippen LogP contribution in [0.5, 0.6) is 0 Å². The summed E-state index contributed by atoms with van der Waals surface area (Å²) in [6, 6.07) is 2.33. The lowest BCUT2D eigenvalue weighted by molar-refractivity contribution is -0.137. The number of carbonyl (C=O) groups is 2. The summed E-state index contributed by atoms with van der Waals surface area (Å²) in [4.78, 5) is 28.5. The molecule has 1 aromatic rings. The highest BCUT2D eigenvalue weighted by molar-refractivity contribution is 5.87. The van der Waals surface area contributed by atoms with Gasteiger partial charge in [-0.2, -0.15) is 0 Å². The maximum absolute atomic E-state index is 13.4. The van der Waals surface area contributed by atoms with Crippen molar-refractivity contribution < 1.29 is 14.1 Å². The van der Waals surface area contributed by atoms with Gasteiger partial charge >= 0.3 is 0 Å². The molecule has 3 heterocycles. The molecule has 6 heteroatoms. The van der Waals surface area contributed by atoms with Crippen molar-refractivity contribution in [2.24, 2.45) is 5.41 Å². The Labute approximate surface area is 167 Å². The van der Waals surface area contributed by atoms with E-state index in [1.807, 2.05) is 17.9 Å². The van der Waals surface area contributed by atoms with E-state index in [1.54, 1.807) is 0 Å². The van der Waals surface area contributed by atoms with Gasteiger partial charge in [0.05, 0.1) is 17.5 Å². The van der Waals surface area contributed by atoms with Crippen LogP contribution in [0.1, 0.15) is 82.6 Å². The molecule has 1 aliphatic carbocycles. The highest BCUT2D eigenvalue weighted by Gasteiger charge is 2.60. The standard InChI is InChI=1S/C22H33N3O3/c1-3-22(21(27)23-16-8-6-4-5-7-9-16)14-17-10-11-19(22)25(17)20(26)13-18-12-15(2)24-28-18/h12,16-17,19H,3-11,13-14H2,1-2H3,(H,23,27)/t17-,19+,22+/m0/s1. The Morgan fingerprint density at radius 1 is 1.21 bits per heavy atom. The van der Waals surface area contributed by atoms with Crippen molar-refractivity contribution in [1.29, 1.82) is 0 Å². The molecule has 154 valence electrons. The van der Waals surface area contributed by atoms with Crippen molar-refractivity contribution in [3.63, 3.8) is 0 Å². The van der Waals surface area contributed by atoms with Crippen molar-refractivity contribution in [2.45, 2.75) is 103 Å². The zero-order valence-corrected chi connectivity index (χ0v) is 17.2. The first-order valence-corrected chi connectivity index (χ1v) is 11.1. The first-order valence-electron chi connectivity index (χ1n) is 11.1. The van der Waals surface area contributed by atoms with Crippen LogP contribution in [0.4, 0.5) is 0 Å². The van der Waals surface area contributed by atoms with E-state index in [4.69, 9.17) is 4.52 Å². The van der Waals surface area contributed by atoms with Crippen LogP contribution in [0.25, 0.3) is 0 Å². The number of nitrogens with zero attached hydrogens (tertiary/aromatic N) is 2. The van der Waals surface area contributed by atoms with Crippen molar-refractivity contribution in [1.82, 2.24) is 15.4 Å². The number of aromatic nitrogens is 1. The molecule has 28 heavy (non-hydrogen) atoms. The average Bonchev–Trinajstić information content (AvgIpc) is 3.30. The molecule has 1 N–H and O–H groups in total. The smallest absolute Gasteiger partial charge is 0.230 e. The van der Waals surface area contributed by atoms with E-state index in [0.717, 1.165) is 44.2 Å². The summed E-state index contributed by atoms with van der Waals surface area (Å²) >= 11 is 0. The van der Waals surface area contributed by atoms with E-state index in [0.29, 0.717) is 11.8 Å². The van der Waals surface area contributed by atoms with Gasteiger partial charge in [-0.1, -0.05) is 37.8 Å². The van der Waals surface area contributed by atoms with E-state index < -0.39 is 5.41 Å². The predicted octanol–water partition coefficient (Wildman–Crippen LogP) is 3.52. The molecule has 0 unspecified atom stereocenters. The van der Waals surface area contributed by atoms with Crippen LogP contribution in [0, 0.1) is 12.3 Å². The first-order chi connectivity index (χ1) is 13.5. The van der Waals surface area contributed by atoms with E-state index in [1.165, 1.54) is 25.7 Å². The normalized spacial score (nSPS) is 30.4. The van der Waals surface area contributed by atoms with Crippen LogP contribution in [0.15, 0.2) is 10.6 Å². The third kappa shape index (κ3) is 3.46. The molecule has 3 aliphatic rings. The second-order valence-corrected chi connectivity index (χ2v) is 9.04. The third-order valence-electron chi connectivity index (χ3n) is 7.30. The highest BCUT2D eigenvalue weighted by Crippen LogP contribution is 2.52. The zero-order valence-electron chi connectivity index (χ0n) is 17.2. The van der Waals surface area contributed by atoms with E-state index in [9.17, 15) is 9.59 Å². The summed E-state index contributed by atoms with van der Waals surface area (Å²) in [7, 11) is 0. The number of hydrogen-bond donors (Lipinski definition) is 1. The number of rotatable bonds is 5. The zero-order chi connectivity index (χ0) is 19.7. The lowest BCUT2D eigenvalue weighted by atomic mass is 9.71. The van der Waals surface area contributed by atoms with E-state index in [2.05, 4.69) is 17.4 Å². The number of carbonyl (C=O) groups excluding carboxylic acids is 2. The maximum atomic E-state index is 13.4. The molecule has 2 saturated heterocycles. The molecule has 1 aromatic heterocycles. The quantitative estimate of drug-likeness (QED) is 0.785. The molecule has 0 radical (unpaired) electrons. The molecular formula is C22H33N3O3. The highest BCUT2D eigenvalue weighted by atomic mass is 16.5. The molecule has 2 bridgehead atoms. The van der Waals surface area contributed by atoms with Gasteiger partial charge in [0.2, 0.25) is 11.8 Å². The molecule has 3 atom stereocenters. The van der Waals surface area contributed by atoms with Crippen molar-refractivity contribution in [3.05, 3.63) is 17.5 Å².